The predicted octanol–water partition coefficient (Wildman–Crippen LogP) is -1.55. The molecule has 1 nitrogen and oxygen atoms in total. The van der Waals surface area contributed by atoms with E-state index in [2.05, 4.69) is 15.8 Å². The van der Waals surface area contributed by atoms with Gasteiger partial charge in [0.05, 0.1) is 0 Å². The van der Waals surface area contributed by atoms with Crippen molar-refractivity contribution in [2.24, 2.45) is 0 Å². The Bertz CT molecular complexity index is 180. The van der Waals surface area contributed by atoms with Crippen LogP contribution >= 0.6 is 0 Å². The molecule has 0 aromatic rings. The first-order chi connectivity index (χ1) is 3.93. The fourth-order valence-corrected chi connectivity index (χ4v) is 41.9. The van der Waals surface area contributed by atoms with Crippen LogP contribution in [0.1, 0.15) is 0 Å². The van der Waals surface area contributed by atoms with Crippen LogP contribution in [0.2, 0.25) is 0 Å². The first-order valence-corrected chi connectivity index (χ1v) is 22.4. The van der Waals surface area contributed by atoms with E-state index in [0.717, 1.165) is 0 Å². The first-order valence-electron chi connectivity index (χ1n) is 2.44. The van der Waals surface area contributed by atoms with E-state index >= 15 is 0 Å². The van der Waals surface area contributed by atoms with Crippen LogP contribution < -0.4 is 0 Å². The molecular weight excluding hydrogens is 282 g/mol. The summed E-state index contributed by atoms with van der Waals surface area (Å²) in [7, 11) is 0.0990. The van der Waals surface area contributed by atoms with E-state index in [1.54, 1.807) is 0 Å². The summed E-state index contributed by atoms with van der Waals surface area (Å²) in [6.07, 6.45) is 2.14. The molecule has 4 heteroatoms. The number of carbonyl (C=O) groups excluding carboxylic acids is 1. The van der Waals surface area contributed by atoms with E-state index in [4.69, 9.17) is 0 Å². The van der Waals surface area contributed by atoms with Crippen LogP contribution in [0.25, 0.3) is 0 Å². The monoisotopic (exact) mass is 292 g/mol. The van der Waals surface area contributed by atoms with Crippen molar-refractivity contribution in [3.63, 3.8) is 0 Å². The van der Waals surface area contributed by atoms with Gasteiger partial charge in [-0.15, -0.1) is 0 Å². The van der Waals surface area contributed by atoms with Crippen LogP contribution in [0.3, 0.4) is 0 Å². The van der Waals surface area contributed by atoms with Crippen molar-refractivity contribution in [1.29, 1.82) is 0 Å². The summed E-state index contributed by atoms with van der Waals surface area (Å²) in [5.74, 6) is 0. The van der Waals surface area contributed by atoms with Crippen molar-refractivity contribution in [3.8, 4) is 0 Å². The van der Waals surface area contributed by atoms with Crippen LogP contribution in [0, 0.1) is 0 Å². The Morgan fingerprint density at radius 3 is 2.88 bits per heavy atom. The molecule has 1 rings (SSSR count). The molecule has 0 aromatic carbocycles. The molecule has 8 heavy (non-hydrogen) atoms. The Morgan fingerprint density at radius 2 is 2.50 bits per heavy atom. The summed E-state index contributed by atoms with van der Waals surface area (Å²) >= 11 is -0.904. The SMILES string of the molecule is O=[CH][Ge]1=[GeH][GeH]=[CH]C=[CH]1. The zero-order valence-corrected chi connectivity index (χ0v) is 11.3. The van der Waals surface area contributed by atoms with Crippen LogP contribution in [0.5, 0.6) is 0 Å². The number of hydrogen-bond acceptors (Lipinski definition) is 1. The summed E-state index contributed by atoms with van der Waals surface area (Å²) in [5.41, 5.74) is 0. The summed E-state index contributed by atoms with van der Waals surface area (Å²) < 4.78 is 0. The van der Waals surface area contributed by atoms with Gasteiger partial charge in [0.2, 0.25) is 0 Å². The molecule has 0 N–H and O–H groups in total. The number of rotatable bonds is 1. The molecule has 0 aromatic heterocycles. The van der Waals surface area contributed by atoms with Gasteiger partial charge in [0.1, 0.15) is 0 Å². The van der Waals surface area contributed by atoms with Crippen molar-refractivity contribution in [2.75, 3.05) is 0 Å². The Balaban J connectivity index is 2.82. The fourth-order valence-electron chi connectivity index (χ4n) is 0.532. The molecule has 1 aliphatic rings. The van der Waals surface area contributed by atoms with Gasteiger partial charge in [-0.3, -0.25) is 0 Å². The Kier molecular flexibility index (Phi) is 3.37. The maximum absolute atomic E-state index is 10.2. The number of allylic oxidation sites excluding steroid dienone is 1. The van der Waals surface area contributed by atoms with Gasteiger partial charge in [0, 0.05) is 0 Å². The van der Waals surface area contributed by atoms with Crippen LogP contribution in [0.4, 0.5) is 0 Å². The van der Waals surface area contributed by atoms with E-state index in [9.17, 15) is 4.79 Å². The van der Waals surface area contributed by atoms with Gasteiger partial charge in [0.15, 0.2) is 0 Å². The van der Waals surface area contributed by atoms with Gasteiger partial charge in [0.25, 0.3) is 0 Å². The Morgan fingerprint density at radius 1 is 1.62 bits per heavy atom. The third kappa shape index (κ3) is 2.03. The van der Waals surface area contributed by atoms with Crippen molar-refractivity contribution in [1.82, 2.24) is 0 Å². The van der Waals surface area contributed by atoms with E-state index in [1.165, 1.54) is 5.12 Å². The second-order valence-corrected chi connectivity index (χ2v) is 41.1. The second kappa shape index (κ2) is 3.84. The second-order valence-electron chi connectivity index (χ2n) is 1.53. The molecule has 0 aliphatic carbocycles. The zero-order chi connectivity index (χ0) is 5.82. The van der Waals surface area contributed by atoms with Crippen molar-refractivity contribution >= 4 is 45.8 Å². The molecule has 0 amide bonds. The molecule has 0 saturated heterocycles. The first kappa shape index (κ1) is 7.02. The van der Waals surface area contributed by atoms with E-state index < -0.39 is 11.8 Å². The average Bonchev–Trinajstić information content (AvgIpc) is 1.90. The third-order valence-corrected chi connectivity index (χ3v) is 49.9. The zero-order valence-electron chi connectivity index (χ0n) is 4.37. The summed E-state index contributed by atoms with van der Waals surface area (Å²) in [6.45, 7) is 0. The molecule has 40 valence electrons. The standard InChI is InChI=1S/C4H6Ge3O/c8-4-7-3-1-2-5-6-7/h1-6H. The van der Waals surface area contributed by atoms with Gasteiger partial charge in [-0.25, -0.2) is 0 Å². The molecule has 0 saturated carbocycles. The molecule has 1 heterocycles. The van der Waals surface area contributed by atoms with Crippen molar-refractivity contribution < 1.29 is 4.79 Å². The van der Waals surface area contributed by atoms with E-state index in [1.807, 2.05) is 0 Å². The third-order valence-electron chi connectivity index (χ3n) is 0.936. The molecular formula is C4H6Ge3O. The topological polar surface area (TPSA) is 17.1 Å². The van der Waals surface area contributed by atoms with E-state index in [0.29, 0.717) is 0 Å². The molecule has 0 spiro atoms. The Hall–Kier alpha value is 0.909. The van der Waals surface area contributed by atoms with Crippen LogP contribution in [-0.4, -0.2) is 45.8 Å². The molecule has 0 fully saturated rings. The van der Waals surface area contributed by atoms with Gasteiger partial charge in [-0.05, 0) is 0 Å². The average molecular weight is 288 g/mol. The van der Waals surface area contributed by atoms with Crippen molar-refractivity contribution in [3.05, 3.63) is 11.0 Å². The van der Waals surface area contributed by atoms with E-state index in [-0.39, 0.29) is 24.0 Å². The molecule has 0 atom stereocenters. The van der Waals surface area contributed by atoms with Crippen molar-refractivity contribution in [2.45, 2.75) is 0 Å². The summed E-state index contributed by atoms with van der Waals surface area (Å²) in [4.78, 5) is 14.8. The quantitative estimate of drug-likeness (QED) is 0.422. The maximum atomic E-state index is 10.2. The predicted molar refractivity (Wildman–Crippen MR) is 42.0 cm³/mol. The molecule has 0 bridgehead atoms. The molecule has 0 unspecified atom stereocenters. The van der Waals surface area contributed by atoms with Gasteiger partial charge < -0.3 is 0 Å². The minimum atomic E-state index is -1.01. The normalized spacial score (nSPS) is 15.8. The van der Waals surface area contributed by atoms with Gasteiger partial charge >= 0.3 is 61.6 Å². The minimum absolute atomic E-state index is 0.0990. The number of hydrogen-bond donors (Lipinski definition) is 0. The Labute approximate surface area is 61.2 Å². The molecule has 0 radical (unpaired) electrons. The van der Waals surface area contributed by atoms with Crippen LogP contribution in [0.15, 0.2) is 11.0 Å². The van der Waals surface area contributed by atoms with Gasteiger partial charge in [-0.2, -0.15) is 0 Å². The van der Waals surface area contributed by atoms with Gasteiger partial charge in [-0.1, -0.05) is 0 Å². The molecule has 1 aliphatic heterocycles. The van der Waals surface area contributed by atoms with Crippen LogP contribution in [-0.2, 0) is 4.79 Å². The number of carbonyl (C=O) groups is 1. The summed E-state index contributed by atoms with van der Waals surface area (Å²) in [5, 5.41) is 1.28. The summed E-state index contributed by atoms with van der Waals surface area (Å²) in [6, 6.07) is 0. The fraction of sp³-hybridized carbons (Fsp3) is 0.